The average Bonchev–Trinajstić information content (AvgIpc) is 2.97. The van der Waals surface area contributed by atoms with E-state index in [1.54, 1.807) is 18.4 Å². The summed E-state index contributed by atoms with van der Waals surface area (Å²) in [6, 6.07) is 3.58. The number of anilines is 1. The number of thiazole rings is 1. The van der Waals surface area contributed by atoms with Gasteiger partial charge in [0.2, 0.25) is 5.91 Å². The lowest BCUT2D eigenvalue weighted by Crippen LogP contribution is -2.24. The lowest BCUT2D eigenvalue weighted by atomic mass is 10.3. The highest BCUT2D eigenvalue weighted by atomic mass is 32.1. The third-order valence-electron chi connectivity index (χ3n) is 2.48. The first-order valence-corrected chi connectivity index (χ1v) is 5.93. The second-order valence-electron chi connectivity index (χ2n) is 3.69. The molecule has 6 heteroatoms. The van der Waals surface area contributed by atoms with Gasteiger partial charge in [-0.05, 0) is 12.1 Å². The number of amides is 1. The number of furan rings is 1. The lowest BCUT2D eigenvalue weighted by Gasteiger charge is -2.08. The summed E-state index contributed by atoms with van der Waals surface area (Å²) in [4.78, 5) is 28.4. The van der Waals surface area contributed by atoms with Crippen LogP contribution in [-0.4, -0.2) is 23.2 Å². The molecule has 86 valence electrons. The predicted molar refractivity (Wildman–Crippen MR) is 61.8 cm³/mol. The second-order valence-corrected chi connectivity index (χ2v) is 4.52. The molecule has 2 aromatic rings. The minimum absolute atomic E-state index is 0.0182. The van der Waals surface area contributed by atoms with E-state index in [-0.39, 0.29) is 24.7 Å². The van der Waals surface area contributed by atoms with Crippen molar-refractivity contribution in [3.8, 4) is 11.5 Å². The van der Waals surface area contributed by atoms with Gasteiger partial charge in [0.25, 0.3) is 0 Å². The third kappa shape index (κ3) is 1.76. The van der Waals surface area contributed by atoms with Gasteiger partial charge in [-0.3, -0.25) is 14.5 Å². The SMILES string of the molecule is O=C1CC(=O)N(c2nc(-c3ccco3)cs2)C1. The number of carbonyl (C=O) groups is 2. The Balaban J connectivity index is 1.91. The van der Waals surface area contributed by atoms with Gasteiger partial charge in [-0.1, -0.05) is 0 Å². The standard InChI is InChI=1S/C11H8N2O3S/c14-7-4-10(15)13(5-7)11-12-8(6-17-11)9-2-1-3-16-9/h1-3,6H,4-5H2. The lowest BCUT2D eigenvalue weighted by molar-refractivity contribution is -0.121. The van der Waals surface area contributed by atoms with Crippen molar-refractivity contribution in [2.45, 2.75) is 6.42 Å². The van der Waals surface area contributed by atoms with Crippen molar-refractivity contribution in [3.63, 3.8) is 0 Å². The number of carbonyl (C=O) groups excluding carboxylic acids is 2. The van der Waals surface area contributed by atoms with E-state index >= 15 is 0 Å². The number of ketones is 1. The van der Waals surface area contributed by atoms with Crippen LogP contribution in [0.3, 0.4) is 0 Å². The van der Waals surface area contributed by atoms with Crippen molar-refractivity contribution in [1.82, 2.24) is 4.98 Å². The molecule has 0 radical (unpaired) electrons. The molecule has 5 nitrogen and oxygen atoms in total. The zero-order chi connectivity index (χ0) is 11.8. The van der Waals surface area contributed by atoms with E-state index in [0.717, 1.165) is 0 Å². The van der Waals surface area contributed by atoms with Gasteiger partial charge in [-0.15, -0.1) is 11.3 Å². The number of hydrogen-bond donors (Lipinski definition) is 0. The fraction of sp³-hybridized carbons (Fsp3) is 0.182. The molecule has 0 unspecified atom stereocenters. The van der Waals surface area contributed by atoms with Crippen molar-refractivity contribution in [1.29, 1.82) is 0 Å². The van der Waals surface area contributed by atoms with Gasteiger partial charge in [-0.25, -0.2) is 4.98 Å². The van der Waals surface area contributed by atoms with Gasteiger partial charge >= 0.3 is 0 Å². The maximum absolute atomic E-state index is 11.5. The molecular weight excluding hydrogens is 240 g/mol. The Hall–Kier alpha value is -1.95. The van der Waals surface area contributed by atoms with Crippen LogP contribution in [0.1, 0.15) is 6.42 Å². The van der Waals surface area contributed by atoms with Crippen LogP contribution in [0, 0.1) is 0 Å². The highest BCUT2D eigenvalue weighted by Crippen LogP contribution is 2.29. The van der Waals surface area contributed by atoms with Crippen molar-refractivity contribution in [2.24, 2.45) is 0 Å². The van der Waals surface area contributed by atoms with E-state index in [1.807, 2.05) is 5.38 Å². The largest absolute Gasteiger partial charge is 0.463 e. The van der Waals surface area contributed by atoms with Gasteiger partial charge in [0.05, 0.1) is 19.2 Å². The van der Waals surface area contributed by atoms with Gasteiger partial charge in [0, 0.05) is 5.38 Å². The van der Waals surface area contributed by atoms with Gasteiger partial charge < -0.3 is 4.42 Å². The number of Topliss-reactive ketones (excluding diaryl/α,β-unsaturated/α-hetero) is 1. The Morgan fingerprint density at radius 2 is 2.29 bits per heavy atom. The Morgan fingerprint density at radius 3 is 2.94 bits per heavy atom. The summed E-state index contributed by atoms with van der Waals surface area (Å²) >= 11 is 1.33. The van der Waals surface area contributed by atoms with E-state index in [9.17, 15) is 9.59 Å². The molecule has 3 rings (SSSR count). The Bertz CT molecular complexity index is 573. The summed E-state index contributed by atoms with van der Waals surface area (Å²) in [6.07, 6.45) is 1.55. The van der Waals surface area contributed by atoms with Crippen LogP contribution >= 0.6 is 11.3 Å². The van der Waals surface area contributed by atoms with E-state index in [1.165, 1.54) is 16.2 Å². The molecule has 0 bridgehead atoms. The van der Waals surface area contributed by atoms with Crippen LogP contribution in [0.15, 0.2) is 28.2 Å². The summed E-state index contributed by atoms with van der Waals surface area (Å²) in [5.74, 6) is 0.408. The highest BCUT2D eigenvalue weighted by Gasteiger charge is 2.30. The molecule has 1 amide bonds. The smallest absolute Gasteiger partial charge is 0.236 e. The summed E-state index contributed by atoms with van der Waals surface area (Å²) in [5.41, 5.74) is 0.683. The van der Waals surface area contributed by atoms with E-state index < -0.39 is 0 Å². The molecule has 1 fully saturated rings. The average molecular weight is 248 g/mol. The summed E-state index contributed by atoms with van der Waals surface area (Å²) < 4.78 is 5.22. The van der Waals surface area contributed by atoms with Crippen LogP contribution in [0.4, 0.5) is 5.13 Å². The molecule has 3 heterocycles. The van der Waals surface area contributed by atoms with Crippen LogP contribution in [0.2, 0.25) is 0 Å². The van der Waals surface area contributed by atoms with E-state index in [0.29, 0.717) is 16.6 Å². The number of nitrogens with zero attached hydrogens (tertiary/aromatic N) is 2. The molecule has 2 aromatic heterocycles. The van der Waals surface area contributed by atoms with Crippen molar-refractivity contribution in [3.05, 3.63) is 23.8 Å². The summed E-state index contributed by atoms with van der Waals surface area (Å²) in [5, 5.41) is 2.36. The molecule has 1 aliphatic rings. The molecule has 17 heavy (non-hydrogen) atoms. The quantitative estimate of drug-likeness (QED) is 0.759. The van der Waals surface area contributed by atoms with Crippen LogP contribution < -0.4 is 4.90 Å². The molecule has 0 saturated carbocycles. The van der Waals surface area contributed by atoms with Crippen LogP contribution in [-0.2, 0) is 9.59 Å². The Morgan fingerprint density at radius 1 is 1.41 bits per heavy atom. The first kappa shape index (κ1) is 10.2. The zero-order valence-electron chi connectivity index (χ0n) is 8.75. The van der Waals surface area contributed by atoms with Crippen LogP contribution in [0.5, 0.6) is 0 Å². The van der Waals surface area contributed by atoms with E-state index in [2.05, 4.69) is 4.98 Å². The molecule has 1 saturated heterocycles. The maximum atomic E-state index is 11.5. The van der Waals surface area contributed by atoms with Crippen molar-refractivity contribution < 1.29 is 14.0 Å². The third-order valence-corrected chi connectivity index (χ3v) is 3.34. The summed E-state index contributed by atoms with van der Waals surface area (Å²) in [7, 11) is 0. The van der Waals surface area contributed by atoms with Gasteiger partial charge in [-0.2, -0.15) is 0 Å². The molecule has 0 spiro atoms. The van der Waals surface area contributed by atoms with Crippen LogP contribution in [0.25, 0.3) is 11.5 Å². The van der Waals surface area contributed by atoms with E-state index in [4.69, 9.17) is 4.42 Å². The Labute approximate surface area is 101 Å². The summed E-state index contributed by atoms with van der Waals surface area (Å²) in [6.45, 7) is 0.129. The first-order valence-electron chi connectivity index (χ1n) is 5.05. The van der Waals surface area contributed by atoms with Gasteiger partial charge in [0.15, 0.2) is 16.7 Å². The Kier molecular flexibility index (Phi) is 2.29. The number of aromatic nitrogens is 1. The second kappa shape index (κ2) is 3.81. The minimum atomic E-state index is -0.185. The maximum Gasteiger partial charge on any atom is 0.236 e. The minimum Gasteiger partial charge on any atom is -0.463 e. The van der Waals surface area contributed by atoms with Gasteiger partial charge in [0.1, 0.15) is 5.69 Å². The number of hydrogen-bond acceptors (Lipinski definition) is 5. The number of rotatable bonds is 2. The van der Waals surface area contributed by atoms with Crippen molar-refractivity contribution in [2.75, 3.05) is 11.4 Å². The zero-order valence-corrected chi connectivity index (χ0v) is 9.57. The molecular formula is C11H8N2O3S. The molecule has 0 aromatic carbocycles. The molecule has 0 aliphatic carbocycles. The monoisotopic (exact) mass is 248 g/mol. The fourth-order valence-corrected chi connectivity index (χ4v) is 2.52. The van der Waals surface area contributed by atoms with Crippen molar-refractivity contribution >= 4 is 28.2 Å². The predicted octanol–water partition coefficient (Wildman–Crippen LogP) is 1.71. The molecule has 0 atom stereocenters. The normalized spacial score (nSPS) is 15.9. The highest BCUT2D eigenvalue weighted by molar-refractivity contribution is 7.14. The topological polar surface area (TPSA) is 63.4 Å². The molecule has 0 N–H and O–H groups in total. The fourth-order valence-electron chi connectivity index (χ4n) is 1.68. The first-order chi connectivity index (χ1) is 8.24. The molecule has 1 aliphatic heterocycles.